The molecule has 1 amide bonds. The fraction of sp³-hybridized carbons (Fsp3) is 0.174. The summed E-state index contributed by atoms with van der Waals surface area (Å²) < 4.78 is 33.1. The molecule has 0 aromatic heterocycles. The highest BCUT2D eigenvalue weighted by Crippen LogP contribution is 2.31. The number of benzene rings is 3. The summed E-state index contributed by atoms with van der Waals surface area (Å²) in [6, 6.07) is 22.6. The number of carbonyl (C=O) groups excluding carboxylic acids is 1. The topological polar surface area (TPSA) is 75.7 Å². The van der Waals surface area contributed by atoms with E-state index in [2.05, 4.69) is 4.72 Å². The van der Waals surface area contributed by atoms with Gasteiger partial charge in [0.25, 0.3) is 15.9 Å². The molecular weight excluding hydrogens is 400 g/mol. The van der Waals surface area contributed by atoms with Gasteiger partial charge < -0.3 is 9.64 Å². The predicted molar refractivity (Wildman–Crippen MR) is 116 cm³/mol. The van der Waals surface area contributed by atoms with Gasteiger partial charge in [-0.1, -0.05) is 36.4 Å². The number of amides is 1. The number of hydrogen-bond donors (Lipinski definition) is 1. The Hall–Kier alpha value is -3.32. The highest BCUT2D eigenvalue weighted by Gasteiger charge is 2.30. The highest BCUT2D eigenvalue weighted by atomic mass is 32.2. The van der Waals surface area contributed by atoms with E-state index in [0.29, 0.717) is 11.4 Å². The van der Waals surface area contributed by atoms with Gasteiger partial charge in [-0.2, -0.15) is 0 Å². The zero-order valence-corrected chi connectivity index (χ0v) is 17.3. The van der Waals surface area contributed by atoms with Crippen molar-refractivity contribution in [3.63, 3.8) is 0 Å². The minimum atomic E-state index is -3.70. The number of nitrogens with one attached hydrogen (secondary N) is 1. The number of fused-ring (bicyclic) bond motifs is 1. The second-order valence-corrected chi connectivity index (χ2v) is 8.86. The first-order chi connectivity index (χ1) is 14.4. The third kappa shape index (κ3) is 4.16. The molecular formula is C23H22N2O4S. The van der Waals surface area contributed by atoms with E-state index in [1.165, 1.54) is 12.1 Å². The van der Waals surface area contributed by atoms with Crippen molar-refractivity contribution in [2.45, 2.75) is 24.3 Å². The molecule has 0 spiro atoms. The molecule has 1 atom stereocenters. The van der Waals surface area contributed by atoms with E-state index in [4.69, 9.17) is 4.74 Å². The molecule has 154 valence electrons. The lowest BCUT2D eigenvalue weighted by Gasteiger charge is -2.22. The third-order valence-electron chi connectivity index (χ3n) is 5.00. The lowest BCUT2D eigenvalue weighted by atomic mass is 10.1. The predicted octanol–water partition coefficient (Wildman–Crippen LogP) is 3.84. The summed E-state index contributed by atoms with van der Waals surface area (Å²) in [4.78, 5) is 14.6. The molecule has 1 aliphatic rings. The van der Waals surface area contributed by atoms with Crippen LogP contribution in [0.5, 0.6) is 5.75 Å². The zero-order valence-electron chi connectivity index (χ0n) is 16.5. The summed E-state index contributed by atoms with van der Waals surface area (Å²) in [5, 5.41) is 0. The number of hydrogen-bond acceptors (Lipinski definition) is 4. The van der Waals surface area contributed by atoms with E-state index < -0.39 is 10.0 Å². The maximum atomic E-state index is 12.7. The molecule has 0 aliphatic carbocycles. The van der Waals surface area contributed by atoms with Crippen molar-refractivity contribution >= 4 is 27.3 Å². The van der Waals surface area contributed by atoms with E-state index in [1.54, 1.807) is 41.3 Å². The lowest BCUT2D eigenvalue weighted by molar-refractivity contribution is -0.120. The van der Waals surface area contributed by atoms with Crippen LogP contribution in [0, 0.1) is 0 Å². The molecule has 0 bridgehead atoms. The van der Waals surface area contributed by atoms with E-state index in [0.717, 1.165) is 17.7 Å². The first-order valence-corrected chi connectivity index (χ1v) is 11.1. The molecule has 1 unspecified atom stereocenters. The van der Waals surface area contributed by atoms with Crippen LogP contribution in [0.25, 0.3) is 0 Å². The number of carbonyl (C=O) groups is 1. The van der Waals surface area contributed by atoms with Gasteiger partial charge in [0.05, 0.1) is 4.90 Å². The molecule has 1 heterocycles. The number of sulfonamides is 1. The Labute approximate surface area is 176 Å². The highest BCUT2D eigenvalue weighted by molar-refractivity contribution is 7.92. The van der Waals surface area contributed by atoms with Crippen molar-refractivity contribution in [1.82, 2.24) is 0 Å². The average molecular weight is 423 g/mol. The van der Waals surface area contributed by atoms with Gasteiger partial charge in [-0.3, -0.25) is 9.52 Å². The number of para-hydroxylation sites is 2. The molecule has 1 N–H and O–H groups in total. The summed E-state index contributed by atoms with van der Waals surface area (Å²) in [5.74, 6) is 0.303. The molecule has 3 aromatic carbocycles. The van der Waals surface area contributed by atoms with Crippen LogP contribution < -0.4 is 14.4 Å². The normalized spacial score (nSPS) is 15.5. The molecule has 0 fully saturated rings. The van der Waals surface area contributed by atoms with Crippen molar-refractivity contribution in [3.8, 4) is 5.75 Å². The fourth-order valence-corrected chi connectivity index (χ4v) is 4.65. The molecule has 6 nitrogen and oxygen atoms in total. The lowest BCUT2D eigenvalue weighted by Crippen LogP contribution is -2.39. The second kappa shape index (κ2) is 8.20. The number of rotatable bonds is 6. The molecule has 0 saturated carbocycles. The van der Waals surface area contributed by atoms with Gasteiger partial charge in [0.2, 0.25) is 0 Å². The van der Waals surface area contributed by atoms with E-state index in [-0.39, 0.29) is 23.5 Å². The SMILES string of the molecule is CC1Cc2ccccc2N1C(=O)COc1ccc(S(=O)(=O)Nc2ccccc2)cc1. The second-order valence-electron chi connectivity index (χ2n) is 7.18. The van der Waals surface area contributed by atoms with Crippen LogP contribution >= 0.6 is 0 Å². The fourth-order valence-electron chi connectivity index (χ4n) is 3.60. The first-order valence-electron chi connectivity index (χ1n) is 9.65. The van der Waals surface area contributed by atoms with Crippen molar-refractivity contribution in [2.24, 2.45) is 0 Å². The third-order valence-corrected chi connectivity index (χ3v) is 6.40. The molecule has 3 aromatic rings. The number of nitrogens with zero attached hydrogens (tertiary/aromatic N) is 1. The number of anilines is 2. The van der Waals surface area contributed by atoms with Gasteiger partial charge in [0.1, 0.15) is 5.75 Å². The smallest absolute Gasteiger partial charge is 0.265 e. The first kappa shape index (κ1) is 20.0. The van der Waals surface area contributed by atoms with Crippen molar-refractivity contribution < 1.29 is 17.9 Å². The van der Waals surface area contributed by atoms with Crippen LogP contribution in [0.1, 0.15) is 12.5 Å². The molecule has 30 heavy (non-hydrogen) atoms. The molecule has 0 radical (unpaired) electrons. The minimum absolute atomic E-state index is 0.0788. The van der Waals surface area contributed by atoms with Gasteiger partial charge in [-0.25, -0.2) is 8.42 Å². The quantitative estimate of drug-likeness (QED) is 0.655. The van der Waals surface area contributed by atoms with Crippen LogP contribution in [0.15, 0.2) is 83.8 Å². The minimum Gasteiger partial charge on any atom is -0.484 e. The van der Waals surface area contributed by atoms with Gasteiger partial charge >= 0.3 is 0 Å². The standard InChI is InChI=1S/C23H22N2O4S/c1-17-15-18-7-5-6-10-22(18)25(17)23(26)16-29-20-11-13-21(14-12-20)30(27,28)24-19-8-3-2-4-9-19/h2-14,17,24H,15-16H2,1H3. The Morgan fingerprint density at radius 3 is 2.40 bits per heavy atom. The Kier molecular flexibility index (Phi) is 5.46. The zero-order chi connectivity index (χ0) is 21.1. The summed E-state index contributed by atoms with van der Waals surface area (Å²) >= 11 is 0. The average Bonchev–Trinajstić information content (AvgIpc) is 3.08. The molecule has 1 aliphatic heterocycles. The van der Waals surface area contributed by atoms with Crippen LogP contribution in [0.2, 0.25) is 0 Å². The summed E-state index contributed by atoms with van der Waals surface area (Å²) in [5.41, 5.74) is 2.56. The van der Waals surface area contributed by atoms with Crippen molar-refractivity contribution in [2.75, 3.05) is 16.2 Å². The Balaban J connectivity index is 1.40. The van der Waals surface area contributed by atoms with Crippen LogP contribution in [-0.4, -0.2) is 27.0 Å². The Morgan fingerprint density at radius 2 is 1.67 bits per heavy atom. The van der Waals surface area contributed by atoms with Gasteiger partial charge in [-0.05, 0) is 61.4 Å². The summed E-state index contributed by atoms with van der Waals surface area (Å²) in [7, 11) is -3.70. The Morgan fingerprint density at radius 1 is 1.00 bits per heavy atom. The Bertz CT molecular complexity index is 1150. The van der Waals surface area contributed by atoms with Crippen molar-refractivity contribution in [3.05, 3.63) is 84.4 Å². The van der Waals surface area contributed by atoms with Gasteiger partial charge in [0.15, 0.2) is 6.61 Å². The maximum Gasteiger partial charge on any atom is 0.265 e. The molecule has 0 saturated heterocycles. The monoisotopic (exact) mass is 422 g/mol. The largest absolute Gasteiger partial charge is 0.484 e. The molecule has 4 rings (SSSR count). The van der Waals surface area contributed by atoms with E-state index in [1.807, 2.05) is 37.3 Å². The van der Waals surface area contributed by atoms with Crippen molar-refractivity contribution in [1.29, 1.82) is 0 Å². The van der Waals surface area contributed by atoms with Crippen LogP contribution in [0.4, 0.5) is 11.4 Å². The van der Waals surface area contributed by atoms with Crippen LogP contribution in [-0.2, 0) is 21.2 Å². The maximum absolute atomic E-state index is 12.7. The van der Waals surface area contributed by atoms with Crippen LogP contribution in [0.3, 0.4) is 0 Å². The van der Waals surface area contributed by atoms with Gasteiger partial charge in [-0.15, -0.1) is 0 Å². The van der Waals surface area contributed by atoms with E-state index in [9.17, 15) is 13.2 Å². The van der Waals surface area contributed by atoms with Gasteiger partial charge in [0, 0.05) is 17.4 Å². The summed E-state index contributed by atoms with van der Waals surface area (Å²) in [6.07, 6.45) is 0.822. The molecule has 7 heteroatoms. The number of ether oxygens (including phenoxy) is 1. The summed E-state index contributed by atoms with van der Waals surface area (Å²) in [6.45, 7) is 1.89. The van der Waals surface area contributed by atoms with E-state index >= 15 is 0 Å².